The summed E-state index contributed by atoms with van der Waals surface area (Å²) in [5, 5.41) is 2.48. The first-order chi connectivity index (χ1) is 9.86. The minimum Gasteiger partial charge on any atom is -0.398 e. The van der Waals surface area contributed by atoms with E-state index < -0.39 is 11.7 Å². The van der Waals surface area contributed by atoms with Gasteiger partial charge in [-0.05, 0) is 44.1 Å². The van der Waals surface area contributed by atoms with E-state index in [1.165, 1.54) is 6.07 Å². The van der Waals surface area contributed by atoms with Gasteiger partial charge in [-0.1, -0.05) is 0 Å². The zero-order valence-corrected chi connectivity index (χ0v) is 11.5. The number of amides is 1. The van der Waals surface area contributed by atoms with Gasteiger partial charge in [-0.15, -0.1) is 0 Å². The van der Waals surface area contributed by atoms with Crippen molar-refractivity contribution in [3.8, 4) is 0 Å². The van der Waals surface area contributed by atoms with Crippen LogP contribution in [0, 0.1) is 0 Å². The number of nitrogen functional groups attached to an aromatic ring is 1. The first-order valence-corrected chi connectivity index (χ1v) is 6.85. The number of nitrogens with one attached hydrogen (secondary N) is 1. The molecule has 0 radical (unpaired) electrons. The Morgan fingerprint density at radius 1 is 1.29 bits per heavy atom. The van der Waals surface area contributed by atoms with Gasteiger partial charge in [0, 0.05) is 24.3 Å². The van der Waals surface area contributed by atoms with Crippen molar-refractivity contribution < 1.29 is 18.0 Å². The summed E-state index contributed by atoms with van der Waals surface area (Å²) >= 11 is 0. The molecular formula is C14H18F3N3O. The average molecular weight is 301 g/mol. The molecule has 1 amide bonds. The van der Waals surface area contributed by atoms with Crippen LogP contribution in [0.15, 0.2) is 18.2 Å². The van der Waals surface area contributed by atoms with Crippen molar-refractivity contribution in [1.82, 2.24) is 4.90 Å². The Morgan fingerprint density at radius 2 is 1.95 bits per heavy atom. The quantitative estimate of drug-likeness (QED) is 0.841. The topological polar surface area (TPSA) is 58.4 Å². The van der Waals surface area contributed by atoms with Gasteiger partial charge in [-0.25, -0.2) is 0 Å². The molecule has 1 fully saturated rings. The molecule has 7 heteroatoms. The van der Waals surface area contributed by atoms with E-state index >= 15 is 0 Å². The van der Waals surface area contributed by atoms with E-state index in [2.05, 4.69) is 10.2 Å². The molecule has 0 atom stereocenters. The van der Waals surface area contributed by atoms with Crippen LogP contribution >= 0.6 is 0 Å². The SMILES string of the molecule is Nc1ccc(NC(=O)CCN2CCCC2)cc1C(F)(F)F. The zero-order valence-electron chi connectivity index (χ0n) is 11.5. The summed E-state index contributed by atoms with van der Waals surface area (Å²) in [5.41, 5.74) is 4.14. The monoisotopic (exact) mass is 301 g/mol. The van der Waals surface area contributed by atoms with Crippen molar-refractivity contribution in [3.63, 3.8) is 0 Å². The van der Waals surface area contributed by atoms with Crippen LogP contribution < -0.4 is 11.1 Å². The van der Waals surface area contributed by atoms with Crippen molar-refractivity contribution in [2.75, 3.05) is 30.7 Å². The maximum absolute atomic E-state index is 12.7. The Hall–Kier alpha value is -1.76. The second-order valence-electron chi connectivity index (χ2n) is 5.15. The number of nitrogens with zero attached hydrogens (tertiary/aromatic N) is 1. The Kier molecular flexibility index (Phi) is 4.72. The third kappa shape index (κ3) is 4.35. The number of hydrogen-bond acceptors (Lipinski definition) is 3. The van der Waals surface area contributed by atoms with Gasteiger partial charge in [0.15, 0.2) is 0 Å². The minimum atomic E-state index is -4.53. The van der Waals surface area contributed by atoms with Crippen LogP contribution in [-0.2, 0) is 11.0 Å². The number of halogens is 3. The van der Waals surface area contributed by atoms with Crippen LogP contribution in [0.5, 0.6) is 0 Å². The second-order valence-corrected chi connectivity index (χ2v) is 5.15. The number of rotatable bonds is 4. The summed E-state index contributed by atoms with van der Waals surface area (Å²) in [6, 6.07) is 3.39. The van der Waals surface area contributed by atoms with E-state index in [-0.39, 0.29) is 23.7 Å². The summed E-state index contributed by atoms with van der Waals surface area (Å²) in [6.45, 7) is 2.59. The van der Waals surface area contributed by atoms with Gasteiger partial charge >= 0.3 is 6.18 Å². The molecule has 4 nitrogen and oxygen atoms in total. The highest BCUT2D eigenvalue weighted by atomic mass is 19.4. The van der Waals surface area contributed by atoms with E-state index in [0.717, 1.165) is 38.1 Å². The molecule has 1 saturated heterocycles. The van der Waals surface area contributed by atoms with E-state index in [4.69, 9.17) is 5.73 Å². The normalized spacial score (nSPS) is 16.1. The lowest BCUT2D eigenvalue weighted by atomic mass is 10.1. The highest BCUT2D eigenvalue weighted by Gasteiger charge is 2.33. The van der Waals surface area contributed by atoms with Gasteiger partial charge in [0.2, 0.25) is 5.91 Å². The number of nitrogens with two attached hydrogens (primary N) is 1. The molecule has 1 aliphatic rings. The first-order valence-electron chi connectivity index (χ1n) is 6.85. The lowest BCUT2D eigenvalue weighted by molar-refractivity contribution is -0.136. The second kappa shape index (κ2) is 6.34. The predicted molar refractivity (Wildman–Crippen MR) is 74.8 cm³/mol. The Morgan fingerprint density at radius 3 is 2.57 bits per heavy atom. The molecule has 0 saturated carbocycles. The van der Waals surface area contributed by atoms with Crippen LogP contribution in [0.3, 0.4) is 0 Å². The zero-order chi connectivity index (χ0) is 15.5. The molecule has 0 spiro atoms. The maximum atomic E-state index is 12.7. The summed E-state index contributed by atoms with van der Waals surface area (Å²) in [6.07, 6.45) is -1.99. The standard InChI is InChI=1S/C14H18F3N3O/c15-14(16,17)11-9-10(3-4-12(11)18)19-13(21)5-8-20-6-1-2-7-20/h3-4,9H,1-2,5-8,18H2,(H,19,21). The molecule has 0 aliphatic carbocycles. The molecule has 0 unspecified atom stereocenters. The molecule has 1 aromatic carbocycles. The number of carbonyl (C=O) groups excluding carboxylic acids is 1. The molecule has 1 aromatic rings. The van der Waals surface area contributed by atoms with Crippen LogP contribution in [0.1, 0.15) is 24.8 Å². The summed E-state index contributed by atoms with van der Waals surface area (Å²) in [7, 11) is 0. The van der Waals surface area contributed by atoms with Crippen LogP contribution in [0.25, 0.3) is 0 Å². The Balaban J connectivity index is 1.94. The fraction of sp³-hybridized carbons (Fsp3) is 0.500. The van der Waals surface area contributed by atoms with Gasteiger partial charge < -0.3 is 16.0 Å². The lowest BCUT2D eigenvalue weighted by Gasteiger charge is -2.15. The van der Waals surface area contributed by atoms with Crippen LogP contribution in [-0.4, -0.2) is 30.4 Å². The molecular weight excluding hydrogens is 283 g/mol. The molecule has 0 bridgehead atoms. The van der Waals surface area contributed by atoms with Gasteiger partial charge in [0.05, 0.1) is 5.56 Å². The maximum Gasteiger partial charge on any atom is 0.418 e. The fourth-order valence-electron chi connectivity index (χ4n) is 2.37. The van der Waals surface area contributed by atoms with Crippen LogP contribution in [0.4, 0.5) is 24.5 Å². The van der Waals surface area contributed by atoms with E-state index in [9.17, 15) is 18.0 Å². The van der Waals surface area contributed by atoms with E-state index in [1.807, 2.05) is 0 Å². The molecule has 1 aliphatic heterocycles. The number of hydrogen-bond donors (Lipinski definition) is 2. The Bertz CT molecular complexity index is 511. The molecule has 0 aromatic heterocycles. The fourth-order valence-corrected chi connectivity index (χ4v) is 2.37. The van der Waals surface area contributed by atoms with Crippen molar-refractivity contribution in [3.05, 3.63) is 23.8 Å². The lowest BCUT2D eigenvalue weighted by Crippen LogP contribution is -2.25. The van der Waals surface area contributed by atoms with Gasteiger partial charge in [-0.2, -0.15) is 13.2 Å². The first kappa shape index (κ1) is 15.6. The third-order valence-corrected chi connectivity index (χ3v) is 3.50. The Labute approximate surface area is 121 Å². The summed E-state index contributed by atoms with van der Waals surface area (Å²) < 4.78 is 38.2. The average Bonchev–Trinajstić information content (AvgIpc) is 2.90. The highest BCUT2D eigenvalue weighted by Crippen LogP contribution is 2.35. The highest BCUT2D eigenvalue weighted by molar-refractivity contribution is 5.91. The van der Waals surface area contributed by atoms with Crippen molar-refractivity contribution >= 4 is 17.3 Å². The van der Waals surface area contributed by atoms with Crippen molar-refractivity contribution in [2.24, 2.45) is 0 Å². The number of anilines is 2. The van der Waals surface area contributed by atoms with Crippen molar-refractivity contribution in [2.45, 2.75) is 25.4 Å². The molecule has 2 rings (SSSR count). The molecule has 3 N–H and O–H groups in total. The van der Waals surface area contributed by atoms with E-state index in [1.54, 1.807) is 0 Å². The predicted octanol–water partition coefficient (Wildman–Crippen LogP) is 2.71. The van der Waals surface area contributed by atoms with Gasteiger partial charge in [0.25, 0.3) is 0 Å². The largest absolute Gasteiger partial charge is 0.418 e. The molecule has 21 heavy (non-hydrogen) atoms. The van der Waals surface area contributed by atoms with Gasteiger partial charge in [0.1, 0.15) is 0 Å². The molecule has 116 valence electrons. The smallest absolute Gasteiger partial charge is 0.398 e. The summed E-state index contributed by atoms with van der Waals surface area (Å²) in [4.78, 5) is 13.9. The number of alkyl halides is 3. The van der Waals surface area contributed by atoms with Crippen LogP contribution in [0.2, 0.25) is 0 Å². The molecule has 1 heterocycles. The van der Waals surface area contributed by atoms with Crippen molar-refractivity contribution in [1.29, 1.82) is 0 Å². The summed E-state index contributed by atoms with van der Waals surface area (Å²) in [5.74, 6) is -0.292. The minimum absolute atomic E-state index is 0.114. The van der Waals surface area contributed by atoms with E-state index in [0.29, 0.717) is 6.54 Å². The van der Waals surface area contributed by atoms with Gasteiger partial charge in [-0.3, -0.25) is 4.79 Å². The third-order valence-electron chi connectivity index (χ3n) is 3.50. The number of likely N-dealkylation sites (tertiary alicyclic amines) is 1. The number of benzene rings is 1. The number of carbonyl (C=O) groups is 1.